The van der Waals surface area contributed by atoms with Crippen LogP contribution in [-0.2, 0) is 22.6 Å². The van der Waals surface area contributed by atoms with Crippen LogP contribution in [-0.4, -0.2) is 79.5 Å². The van der Waals surface area contributed by atoms with Gasteiger partial charge in [-0.3, -0.25) is 14.4 Å². The van der Waals surface area contributed by atoms with Crippen LogP contribution in [0.25, 0.3) is 11.1 Å². The van der Waals surface area contributed by atoms with Crippen LogP contribution in [0.15, 0.2) is 66.7 Å². The summed E-state index contributed by atoms with van der Waals surface area (Å²) in [4.78, 5) is 33.6. The first-order chi connectivity index (χ1) is 23.9. The van der Waals surface area contributed by atoms with Gasteiger partial charge < -0.3 is 25.6 Å². The minimum Gasteiger partial charge on any atom is -0.496 e. The van der Waals surface area contributed by atoms with Gasteiger partial charge in [0.05, 0.1) is 26.4 Å². The third-order valence-electron chi connectivity index (χ3n) is 11.9. The molecule has 10 heteroatoms. The number of benzene rings is 3. The van der Waals surface area contributed by atoms with Crippen LogP contribution in [0.4, 0.5) is 0 Å². The zero-order valence-corrected chi connectivity index (χ0v) is 30.2. The molecule has 9 nitrogen and oxygen atoms in total. The molecule has 3 saturated carbocycles. The number of aliphatic hydroxyl groups is 2. The molecular weight excluding hydrogens is 629 g/mol. The molecule has 1 saturated heterocycles. The Balaban J connectivity index is 1.23. The largest absolute Gasteiger partial charge is 0.496 e. The molecule has 50 heavy (non-hydrogen) atoms. The Hall–Kier alpha value is -3.70. The molecule has 2 amide bonds. The number of aliphatic hydroxyl groups excluding tert-OH is 2. The average Bonchev–Trinajstić information content (AvgIpc) is 3.47. The van der Waals surface area contributed by atoms with Crippen molar-refractivity contribution >= 4 is 25.1 Å². The summed E-state index contributed by atoms with van der Waals surface area (Å²) < 4.78 is 6.01. The van der Waals surface area contributed by atoms with Gasteiger partial charge in [-0.25, -0.2) is 0 Å². The molecule has 4 aliphatic rings. The maximum Gasteiger partial charge on any atom is 0.251 e. The number of amides is 2. The van der Waals surface area contributed by atoms with E-state index in [9.17, 15) is 19.8 Å². The van der Waals surface area contributed by atoms with Crippen LogP contribution >= 0.6 is 0 Å². The average molecular weight is 682 g/mol. The van der Waals surface area contributed by atoms with Gasteiger partial charge in [0.1, 0.15) is 25.7 Å². The van der Waals surface area contributed by atoms with Gasteiger partial charge in [0.25, 0.3) is 5.91 Å². The van der Waals surface area contributed by atoms with Crippen molar-refractivity contribution in [3.05, 3.63) is 83.4 Å². The van der Waals surface area contributed by atoms with Crippen LogP contribution in [0, 0.1) is 29.1 Å². The summed E-state index contributed by atoms with van der Waals surface area (Å²) in [6.45, 7) is 8.94. The topological polar surface area (TPSA) is 120 Å². The van der Waals surface area contributed by atoms with Crippen LogP contribution in [0.1, 0.15) is 62.0 Å². The smallest absolute Gasteiger partial charge is 0.251 e. The number of nitrogens with zero attached hydrogens (tertiary/aromatic N) is 1. The second-order valence-electron chi connectivity index (χ2n) is 15.3. The quantitative estimate of drug-likeness (QED) is 0.217. The Morgan fingerprint density at radius 2 is 1.86 bits per heavy atom. The van der Waals surface area contributed by atoms with Crippen molar-refractivity contribution in [2.75, 3.05) is 20.3 Å². The molecule has 0 radical (unpaired) electrons. The maximum atomic E-state index is 14.2. The highest BCUT2D eigenvalue weighted by Crippen LogP contribution is 2.61. The first kappa shape index (κ1) is 36.1. The highest BCUT2D eigenvalue weighted by atomic mass is 16.7. The lowest BCUT2D eigenvalue weighted by atomic mass is 9.45. The molecule has 3 aromatic carbocycles. The monoisotopic (exact) mass is 681 g/mol. The third kappa shape index (κ3) is 7.08. The Labute approximate surface area is 297 Å². The highest BCUT2D eigenvalue weighted by Gasteiger charge is 2.57. The first-order valence-electron chi connectivity index (χ1n) is 18.1. The van der Waals surface area contributed by atoms with Crippen molar-refractivity contribution in [1.82, 2.24) is 15.7 Å². The summed E-state index contributed by atoms with van der Waals surface area (Å²) in [5.41, 5.74) is 5.35. The van der Waals surface area contributed by atoms with E-state index in [1.807, 2.05) is 74.6 Å². The van der Waals surface area contributed by atoms with E-state index in [-0.39, 0.29) is 31.0 Å². The first-order valence-corrected chi connectivity index (χ1v) is 18.1. The molecular formula is C40H52BN3O6. The van der Waals surface area contributed by atoms with Gasteiger partial charge in [-0.05, 0) is 66.5 Å². The molecule has 0 spiro atoms. The van der Waals surface area contributed by atoms with Gasteiger partial charge in [-0.2, -0.15) is 5.06 Å². The molecule has 1 heterocycles. The number of hydroxylamine groups is 2. The fraction of sp³-hybridized carbons (Fsp3) is 0.500. The summed E-state index contributed by atoms with van der Waals surface area (Å²) >= 11 is 0. The van der Waals surface area contributed by atoms with Crippen molar-refractivity contribution in [1.29, 1.82) is 0 Å². The highest BCUT2D eigenvalue weighted by molar-refractivity contribution is 6.33. The Bertz CT molecular complexity index is 1680. The number of methoxy groups -OCH3 is 1. The summed E-state index contributed by atoms with van der Waals surface area (Å²) in [6, 6.07) is 20.9. The Morgan fingerprint density at radius 1 is 1.10 bits per heavy atom. The number of rotatable bonds is 12. The lowest BCUT2D eigenvalue weighted by Gasteiger charge is -2.62. The van der Waals surface area contributed by atoms with Gasteiger partial charge in [0, 0.05) is 35.2 Å². The molecule has 4 fully saturated rings. The fourth-order valence-electron chi connectivity index (χ4n) is 8.97. The number of carbonyl (C=O) groups is 2. The molecule has 2 bridgehead atoms. The van der Waals surface area contributed by atoms with Gasteiger partial charge in [-0.15, -0.1) is 0 Å². The van der Waals surface area contributed by atoms with Crippen LogP contribution in [0.3, 0.4) is 0 Å². The molecule has 266 valence electrons. The molecule has 0 aromatic heterocycles. The van der Waals surface area contributed by atoms with E-state index in [1.54, 1.807) is 19.1 Å². The van der Waals surface area contributed by atoms with Gasteiger partial charge in [0.2, 0.25) is 5.91 Å². The van der Waals surface area contributed by atoms with Crippen LogP contribution < -0.4 is 20.8 Å². The van der Waals surface area contributed by atoms with E-state index in [1.165, 1.54) is 6.42 Å². The predicted octanol–water partition coefficient (Wildman–Crippen LogP) is 3.25. The second-order valence-corrected chi connectivity index (χ2v) is 15.3. The van der Waals surface area contributed by atoms with E-state index in [2.05, 4.69) is 31.4 Å². The number of para-hydroxylation sites is 1. The van der Waals surface area contributed by atoms with E-state index in [0.717, 1.165) is 40.6 Å². The third-order valence-corrected chi connectivity index (χ3v) is 11.9. The second kappa shape index (κ2) is 14.9. The zero-order valence-electron chi connectivity index (χ0n) is 30.2. The molecule has 1 aliphatic heterocycles. The summed E-state index contributed by atoms with van der Waals surface area (Å²) in [7, 11) is 3.57. The van der Waals surface area contributed by atoms with E-state index in [0.29, 0.717) is 41.0 Å². The van der Waals surface area contributed by atoms with Crippen molar-refractivity contribution in [3.63, 3.8) is 0 Å². The summed E-state index contributed by atoms with van der Waals surface area (Å²) in [5.74, 6) is 1.12. The molecule has 8 atom stereocenters. The van der Waals surface area contributed by atoms with Gasteiger partial charge in [-0.1, -0.05) is 86.9 Å². The number of fused-ring (bicyclic) bond motifs is 2. The van der Waals surface area contributed by atoms with Gasteiger partial charge in [0.15, 0.2) is 0 Å². The number of hydrogen-bond acceptors (Lipinski definition) is 7. The van der Waals surface area contributed by atoms with E-state index in [4.69, 9.17) is 9.57 Å². The van der Waals surface area contributed by atoms with Crippen molar-refractivity contribution in [2.24, 2.45) is 29.1 Å². The predicted molar refractivity (Wildman–Crippen MR) is 197 cm³/mol. The SMILES string of the molecule is Bc1cc(C(=O)NCCc2ccccc2)cc(-c2cccc(CN3O[C@@H](CO)[C@H]([C@H](C)O)[C@H]3C(=O)N[C@H]3C[C@H]4C[C@@H]([C@@H]3C)C4(C)C)c2OC)c1. The summed E-state index contributed by atoms with van der Waals surface area (Å²) in [6.07, 6.45) is 1.26. The fourth-order valence-corrected chi connectivity index (χ4v) is 8.97. The van der Waals surface area contributed by atoms with Crippen molar-refractivity contribution in [3.8, 4) is 16.9 Å². The number of carbonyl (C=O) groups excluding carboxylic acids is 2. The standard InChI is InChI=1S/C40H52BN3O6/c1-23-32-19-29(40(32,3)4)20-33(23)43-39(48)36-35(24(2)46)34(22-45)50-44(36)21-26-12-9-13-31(37(26)49-5)27-16-28(18-30(41)17-27)38(47)42-15-14-25-10-7-6-8-11-25/h6-13,16-18,23-24,29,32-36,45-46H,14-15,19-22,41H2,1-5H3,(H,42,47)(H,43,48)/t23-,24-,29+,32-,33-,34-,35-,36-/m0/s1. The number of hydrogen-bond donors (Lipinski definition) is 4. The lowest BCUT2D eigenvalue weighted by molar-refractivity contribution is -0.183. The zero-order chi connectivity index (χ0) is 35.7. The maximum absolute atomic E-state index is 14.2. The van der Waals surface area contributed by atoms with Gasteiger partial charge >= 0.3 is 0 Å². The molecule has 3 aromatic rings. The Kier molecular flexibility index (Phi) is 10.7. The van der Waals surface area contributed by atoms with Crippen molar-refractivity contribution < 1.29 is 29.4 Å². The molecule has 4 N–H and O–H groups in total. The minimum absolute atomic E-state index is 0.0490. The molecule has 0 unspecified atom stereocenters. The minimum atomic E-state index is -0.887. The van der Waals surface area contributed by atoms with E-state index >= 15 is 0 Å². The van der Waals surface area contributed by atoms with Crippen molar-refractivity contribution in [2.45, 2.75) is 77.8 Å². The molecule has 3 aliphatic carbocycles. The van der Waals surface area contributed by atoms with Crippen LogP contribution in [0.5, 0.6) is 5.75 Å². The lowest BCUT2D eigenvalue weighted by Crippen LogP contribution is -2.62. The Morgan fingerprint density at radius 3 is 2.52 bits per heavy atom. The summed E-state index contributed by atoms with van der Waals surface area (Å²) in [5, 5.41) is 29.2. The number of ether oxygens (including phenoxy) is 1. The normalized spacial score (nSPS) is 27.6. The molecule has 7 rings (SSSR count). The van der Waals surface area contributed by atoms with E-state index < -0.39 is 24.2 Å². The number of nitrogens with one attached hydrogen (secondary N) is 2. The van der Waals surface area contributed by atoms with Crippen LogP contribution in [0.2, 0.25) is 0 Å².